The number of phenols is 2. The molecule has 0 amide bonds. The Morgan fingerprint density at radius 2 is 1.94 bits per heavy atom. The molecule has 2 aromatic carbocycles. The van der Waals surface area contributed by atoms with E-state index in [2.05, 4.69) is 27.7 Å². The third kappa shape index (κ3) is 4.38. The Morgan fingerprint density at radius 3 is 2.75 bits per heavy atom. The molecule has 4 unspecified atom stereocenters. The lowest BCUT2D eigenvalue weighted by Gasteiger charge is -2.33. The van der Waals surface area contributed by atoms with E-state index in [1.807, 2.05) is 12.1 Å². The zero-order valence-electron chi connectivity index (χ0n) is 20.6. The van der Waals surface area contributed by atoms with Crippen LogP contribution in [0.1, 0.15) is 72.0 Å². The predicted octanol–water partition coefficient (Wildman–Crippen LogP) is 4.18. The smallest absolute Gasteiger partial charge is 0.165 e. The first-order valence-electron chi connectivity index (χ1n) is 13.1. The molecule has 3 aromatic rings. The monoisotopic (exact) mass is 491 g/mol. The molecule has 36 heavy (non-hydrogen) atoms. The number of aromatic amines is 1. The SMILES string of the molecule is CCc1cc(O)c(F)cc1C1CCC2C(C1)NNC2c1nc2c([nH]1)CN(Cc1ccc(O)cc1)CC2. The largest absolute Gasteiger partial charge is 0.508 e. The molecule has 3 heterocycles. The van der Waals surface area contributed by atoms with Crippen LogP contribution in [0.5, 0.6) is 11.5 Å². The molecule has 0 spiro atoms. The Labute approximate surface area is 210 Å². The lowest BCUT2D eigenvalue weighted by atomic mass is 9.73. The maximum atomic E-state index is 14.2. The molecule has 0 bridgehead atoms. The fourth-order valence-corrected chi connectivity index (χ4v) is 6.44. The van der Waals surface area contributed by atoms with Gasteiger partial charge in [-0.25, -0.2) is 14.8 Å². The number of benzene rings is 2. The van der Waals surface area contributed by atoms with E-state index in [0.29, 0.717) is 17.7 Å². The molecule has 1 saturated heterocycles. The fourth-order valence-electron chi connectivity index (χ4n) is 6.44. The number of phenolic OH excluding ortho intramolecular Hbond substituents is 2. The molecule has 8 heteroatoms. The Balaban J connectivity index is 1.13. The number of nitrogens with zero attached hydrogens (tertiary/aromatic N) is 2. The van der Waals surface area contributed by atoms with Gasteiger partial charge in [0.2, 0.25) is 0 Å². The van der Waals surface area contributed by atoms with Gasteiger partial charge in [-0.15, -0.1) is 0 Å². The number of aromatic hydroxyl groups is 2. The van der Waals surface area contributed by atoms with Crippen molar-refractivity contribution >= 4 is 0 Å². The first-order valence-corrected chi connectivity index (χ1v) is 13.1. The summed E-state index contributed by atoms with van der Waals surface area (Å²) in [6.45, 7) is 4.70. The van der Waals surface area contributed by atoms with Crippen LogP contribution in [0.3, 0.4) is 0 Å². The Hall–Kier alpha value is -2.94. The van der Waals surface area contributed by atoms with Gasteiger partial charge in [-0.05, 0) is 78.5 Å². The van der Waals surface area contributed by atoms with Crippen LogP contribution < -0.4 is 10.9 Å². The van der Waals surface area contributed by atoms with E-state index < -0.39 is 5.82 Å². The van der Waals surface area contributed by atoms with Gasteiger partial charge in [0.15, 0.2) is 11.6 Å². The van der Waals surface area contributed by atoms with Crippen molar-refractivity contribution in [3.05, 3.63) is 76.1 Å². The molecule has 4 atom stereocenters. The summed E-state index contributed by atoms with van der Waals surface area (Å²) in [4.78, 5) is 11.1. The van der Waals surface area contributed by atoms with Gasteiger partial charge < -0.3 is 15.2 Å². The molecule has 3 aliphatic rings. The van der Waals surface area contributed by atoms with E-state index in [0.717, 1.165) is 74.4 Å². The van der Waals surface area contributed by atoms with Gasteiger partial charge in [-0.1, -0.05) is 19.1 Å². The summed E-state index contributed by atoms with van der Waals surface area (Å²) in [5.74, 6) is 1.23. The summed E-state index contributed by atoms with van der Waals surface area (Å²) in [5.41, 5.74) is 12.6. The van der Waals surface area contributed by atoms with Crippen molar-refractivity contribution in [1.82, 2.24) is 25.7 Å². The van der Waals surface area contributed by atoms with Gasteiger partial charge in [0.05, 0.1) is 17.4 Å². The number of halogens is 1. The molecule has 5 N–H and O–H groups in total. The average Bonchev–Trinajstić information content (AvgIpc) is 3.50. The number of hydrazine groups is 1. The molecule has 6 rings (SSSR count). The lowest BCUT2D eigenvalue weighted by molar-refractivity contribution is 0.241. The van der Waals surface area contributed by atoms with Gasteiger partial charge in [-0.3, -0.25) is 10.3 Å². The number of aromatic nitrogens is 2. The van der Waals surface area contributed by atoms with Crippen LogP contribution in [-0.2, 0) is 25.9 Å². The molecule has 1 saturated carbocycles. The number of aryl methyl sites for hydroxylation is 1. The number of imidazole rings is 1. The quantitative estimate of drug-likeness (QED) is 0.368. The zero-order valence-corrected chi connectivity index (χ0v) is 20.6. The van der Waals surface area contributed by atoms with Crippen molar-refractivity contribution in [1.29, 1.82) is 0 Å². The van der Waals surface area contributed by atoms with Crippen molar-refractivity contribution in [2.45, 2.75) is 70.1 Å². The van der Waals surface area contributed by atoms with Crippen molar-refractivity contribution < 1.29 is 14.6 Å². The number of hydrogen-bond donors (Lipinski definition) is 5. The van der Waals surface area contributed by atoms with Gasteiger partial charge in [0, 0.05) is 32.1 Å². The fraction of sp³-hybridized carbons (Fsp3) is 0.464. The normalized spacial score (nSPS) is 26.1. The van der Waals surface area contributed by atoms with Crippen LogP contribution in [-0.4, -0.2) is 37.7 Å². The second-order valence-corrected chi connectivity index (χ2v) is 10.6. The summed E-state index contributed by atoms with van der Waals surface area (Å²) in [6.07, 6.45) is 4.67. The summed E-state index contributed by atoms with van der Waals surface area (Å²) in [5, 5.41) is 19.4. The van der Waals surface area contributed by atoms with Crippen LogP contribution >= 0.6 is 0 Å². The van der Waals surface area contributed by atoms with Crippen LogP contribution in [0.2, 0.25) is 0 Å². The summed E-state index contributed by atoms with van der Waals surface area (Å²) >= 11 is 0. The maximum Gasteiger partial charge on any atom is 0.165 e. The number of H-pyrrole nitrogens is 1. The van der Waals surface area contributed by atoms with Gasteiger partial charge >= 0.3 is 0 Å². The number of hydrogen-bond acceptors (Lipinski definition) is 6. The van der Waals surface area contributed by atoms with Gasteiger partial charge in [0.1, 0.15) is 11.6 Å². The number of rotatable bonds is 5. The van der Waals surface area contributed by atoms with Crippen LogP contribution in [0.15, 0.2) is 36.4 Å². The predicted molar refractivity (Wildman–Crippen MR) is 135 cm³/mol. The topological polar surface area (TPSA) is 96.4 Å². The van der Waals surface area contributed by atoms with Crippen LogP contribution in [0, 0.1) is 11.7 Å². The third-order valence-electron chi connectivity index (χ3n) is 8.35. The molecule has 1 aliphatic carbocycles. The minimum atomic E-state index is -0.527. The highest BCUT2D eigenvalue weighted by atomic mass is 19.1. The van der Waals surface area contributed by atoms with E-state index in [1.54, 1.807) is 24.3 Å². The lowest BCUT2D eigenvalue weighted by Crippen LogP contribution is -2.35. The minimum absolute atomic E-state index is 0.134. The Bertz CT molecular complexity index is 1240. The van der Waals surface area contributed by atoms with Gasteiger partial charge in [-0.2, -0.15) is 0 Å². The van der Waals surface area contributed by atoms with Crippen molar-refractivity contribution in [3.63, 3.8) is 0 Å². The molecular weight excluding hydrogens is 457 g/mol. The van der Waals surface area contributed by atoms with E-state index >= 15 is 0 Å². The highest BCUT2D eigenvalue weighted by Gasteiger charge is 2.43. The molecule has 2 aliphatic heterocycles. The highest BCUT2D eigenvalue weighted by molar-refractivity contribution is 5.39. The van der Waals surface area contributed by atoms with E-state index in [1.165, 1.54) is 11.3 Å². The average molecular weight is 492 g/mol. The van der Waals surface area contributed by atoms with Gasteiger partial charge in [0.25, 0.3) is 0 Å². The van der Waals surface area contributed by atoms with Crippen LogP contribution in [0.25, 0.3) is 0 Å². The molecular formula is C28H34FN5O2. The molecule has 2 fully saturated rings. The van der Waals surface area contributed by atoms with Crippen molar-refractivity contribution in [3.8, 4) is 11.5 Å². The summed E-state index contributed by atoms with van der Waals surface area (Å²) < 4.78 is 14.2. The first-order chi connectivity index (χ1) is 17.5. The maximum absolute atomic E-state index is 14.2. The van der Waals surface area contributed by atoms with Crippen molar-refractivity contribution in [2.24, 2.45) is 5.92 Å². The van der Waals surface area contributed by atoms with Crippen molar-refractivity contribution in [2.75, 3.05) is 6.54 Å². The van der Waals surface area contributed by atoms with E-state index in [4.69, 9.17) is 4.98 Å². The number of nitrogens with one attached hydrogen (secondary N) is 3. The van der Waals surface area contributed by atoms with Crippen LogP contribution in [0.4, 0.5) is 4.39 Å². The first kappa shape index (κ1) is 23.5. The summed E-state index contributed by atoms with van der Waals surface area (Å²) in [6, 6.07) is 11.0. The Kier molecular flexibility index (Phi) is 6.19. The highest BCUT2D eigenvalue weighted by Crippen LogP contribution is 2.44. The molecule has 7 nitrogen and oxygen atoms in total. The third-order valence-corrected chi connectivity index (χ3v) is 8.35. The standard InChI is InChI=1S/C28H34FN5O2/c1-2-17-12-26(36)22(29)13-21(17)18-5-8-20-24(11-18)32-33-27(20)28-30-23-9-10-34(15-25(23)31-28)14-16-3-6-19(35)7-4-16/h3-4,6-7,12-13,18,20,24,27,32-33,35-36H,2,5,8-11,14-15H2,1H3,(H,30,31). The molecule has 190 valence electrons. The molecule has 1 aromatic heterocycles. The Morgan fingerprint density at radius 1 is 1.11 bits per heavy atom. The number of fused-ring (bicyclic) bond motifs is 2. The van der Waals surface area contributed by atoms with E-state index in [9.17, 15) is 14.6 Å². The zero-order chi connectivity index (χ0) is 24.8. The molecule has 0 radical (unpaired) electrons. The minimum Gasteiger partial charge on any atom is -0.508 e. The summed E-state index contributed by atoms with van der Waals surface area (Å²) in [7, 11) is 0. The second kappa shape index (κ2) is 9.50. The van der Waals surface area contributed by atoms with E-state index in [-0.39, 0.29) is 17.7 Å². The second-order valence-electron chi connectivity index (χ2n) is 10.6.